The van der Waals surface area contributed by atoms with Gasteiger partial charge in [0.05, 0.1) is 13.7 Å². The van der Waals surface area contributed by atoms with E-state index in [0.717, 1.165) is 13.0 Å². The zero-order valence-electron chi connectivity index (χ0n) is 12.6. The molecule has 1 atom stereocenters. The van der Waals surface area contributed by atoms with Gasteiger partial charge < -0.3 is 19.7 Å². The first kappa shape index (κ1) is 14.8. The van der Waals surface area contributed by atoms with E-state index >= 15 is 0 Å². The summed E-state index contributed by atoms with van der Waals surface area (Å²) >= 11 is 0. The Morgan fingerprint density at radius 2 is 2.30 bits per heavy atom. The van der Waals surface area contributed by atoms with Crippen molar-refractivity contribution in [2.24, 2.45) is 0 Å². The average Bonchev–Trinajstić information content (AvgIpc) is 2.85. The molecule has 6 heteroatoms. The zero-order chi connectivity index (χ0) is 14.4. The number of ether oxygens (including phenoxy) is 2. The Labute approximate surface area is 120 Å². The van der Waals surface area contributed by atoms with E-state index < -0.39 is 0 Å². The molecule has 0 aromatic carbocycles. The molecule has 1 unspecified atom stereocenters. The van der Waals surface area contributed by atoms with Crippen LogP contribution < -0.4 is 14.8 Å². The molecule has 1 aliphatic heterocycles. The highest BCUT2D eigenvalue weighted by atomic mass is 16.5. The first-order valence-electron chi connectivity index (χ1n) is 7.22. The predicted octanol–water partition coefficient (Wildman–Crippen LogP) is 1.78. The summed E-state index contributed by atoms with van der Waals surface area (Å²) in [6.45, 7) is 4.62. The maximum atomic E-state index is 5.78. The van der Waals surface area contributed by atoms with E-state index in [0.29, 0.717) is 30.1 Å². The number of nitrogens with one attached hydrogen (secondary N) is 1. The summed E-state index contributed by atoms with van der Waals surface area (Å²) in [4.78, 5) is 10.7. The van der Waals surface area contributed by atoms with Crippen LogP contribution in [0.4, 0.5) is 5.82 Å². The van der Waals surface area contributed by atoms with Gasteiger partial charge in [0.25, 0.3) is 5.88 Å². The minimum Gasteiger partial charge on any atom is -0.489 e. The van der Waals surface area contributed by atoms with Crippen molar-refractivity contribution in [3.63, 3.8) is 0 Å². The maximum Gasteiger partial charge on any atom is 0.262 e. The van der Waals surface area contributed by atoms with E-state index in [2.05, 4.69) is 27.2 Å². The zero-order valence-corrected chi connectivity index (χ0v) is 12.6. The van der Waals surface area contributed by atoms with Crippen LogP contribution in [0, 0.1) is 0 Å². The number of methoxy groups -OCH3 is 1. The molecule has 1 aliphatic rings. The topological polar surface area (TPSA) is 59.5 Å². The Balaban J connectivity index is 1.93. The van der Waals surface area contributed by atoms with Crippen molar-refractivity contribution in [3.05, 3.63) is 6.33 Å². The molecule has 2 heterocycles. The minimum atomic E-state index is 0.513. The predicted molar refractivity (Wildman–Crippen MR) is 78.5 cm³/mol. The molecule has 6 nitrogen and oxygen atoms in total. The van der Waals surface area contributed by atoms with E-state index in [1.165, 1.54) is 25.7 Å². The molecule has 0 amide bonds. The molecule has 0 aliphatic carbocycles. The van der Waals surface area contributed by atoms with Gasteiger partial charge in [0.15, 0.2) is 5.82 Å². The molecule has 20 heavy (non-hydrogen) atoms. The van der Waals surface area contributed by atoms with Crippen LogP contribution >= 0.6 is 0 Å². The normalized spacial score (nSPS) is 19.1. The van der Waals surface area contributed by atoms with Crippen molar-refractivity contribution in [1.82, 2.24) is 14.9 Å². The fourth-order valence-corrected chi connectivity index (χ4v) is 2.57. The third-order valence-corrected chi connectivity index (χ3v) is 3.68. The van der Waals surface area contributed by atoms with Crippen LogP contribution in [0.5, 0.6) is 11.6 Å². The van der Waals surface area contributed by atoms with Gasteiger partial charge in [-0.05, 0) is 39.8 Å². The maximum absolute atomic E-state index is 5.78. The van der Waals surface area contributed by atoms with E-state index in [4.69, 9.17) is 9.47 Å². The lowest BCUT2D eigenvalue weighted by molar-refractivity contribution is 0.222. The molecule has 0 bridgehead atoms. The molecular weight excluding hydrogens is 256 g/mol. The van der Waals surface area contributed by atoms with Crippen molar-refractivity contribution in [2.45, 2.75) is 32.2 Å². The smallest absolute Gasteiger partial charge is 0.262 e. The second kappa shape index (κ2) is 7.28. The highest BCUT2D eigenvalue weighted by molar-refractivity contribution is 5.54. The fourth-order valence-electron chi connectivity index (χ4n) is 2.57. The van der Waals surface area contributed by atoms with Crippen LogP contribution in [0.3, 0.4) is 0 Å². The van der Waals surface area contributed by atoms with Crippen LogP contribution in [-0.2, 0) is 0 Å². The SMILES string of the molecule is CCNc1ncnc(OCCC2CCCN2C)c1OC. The Kier molecular flexibility index (Phi) is 5.40. The monoisotopic (exact) mass is 280 g/mol. The van der Waals surface area contributed by atoms with Gasteiger partial charge in [-0.3, -0.25) is 0 Å². The summed E-state index contributed by atoms with van der Waals surface area (Å²) in [6.07, 6.45) is 5.05. The van der Waals surface area contributed by atoms with Gasteiger partial charge in [-0.15, -0.1) is 0 Å². The van der Waals surface area contributed by atoms with Crippen LogP contribution in [0.25, 0.3) is 0 Å². The van der Waals surface area contributed by atoms with Crippen molar-refractivity contribution >= 4 is 5.82 Å². The Bertz CT molecular complexity index is 428. The van der Waals surface area contributed by atoms with Crippen molar-refractivity contribution in [2.75, 3.05) is 39.2 Å². The molecule has 1 fully saturated rings. The Morgan fingerprint density at radius 3 is 2.95 bits per heavy atom. The molecule has 0 saturated carbocycles. The first-order valence-corrected chi connectivity index (χ1v) is 7.22. The third kappa shape index (κ3) is 3.50. The van der Waals surface area contributed by atoms with Gasteiger partial charge in [-0.1, -0.05) is 0 Å². The number of aromatic nitrogens is 2. The second-order valence-electron chi connectivity index (χ2n) is 5.00. The standard InChI is InChI=1S/C14H24N4O2/c1-4-15-13-12(19-3)14(17-10-16-13)20-9-7-11-6-5-8-18(11)2/h10-11H,4-9H2,1-3H3,(H,15,16,17). The lowest BCUT2D eigenvalue weighted by Crippen LogP contribution is -2.26. The van der Waals surface area contributed by atoms with E-state index in [1.54, 1.807) is 7.11 Å². The minimum absolute atomic E-state index is 0.513. The lowest BCUT2D eigenvalue weighted by atomic mass is 10.1. The molecule has 1 N–H and O–H groups in total. The molecule has 1 aromatic heterocycles. The third-order valence-electron chi connectivity index (χ3n) is 3.68. The molecule has 0 radical (unpaired) electrons. The van der Waals surface area contributed by atoms with E-state index in [9.17, 15) is 0 Å². The van der Waals surface area contributed by atoms with Gasteiger partial charge in [0.2, 0.25) is 5.75 Å². The first-order chi connectivity index (χ1) is 9.76. The largest absolute Gasteiger partial charge is 0.489 e. The molecular formula is C14H24N4O2. The highest BCUT2D eigenvalue weighted by Gasteiger charge is 2.21. The summed E-state index contributed by atoms with van der Waals surface area (Å²) in [5, 5.41) is 3.14. The number of hydrogen-bond donors (Lipinski definition) is 1. The fraction of sp³-hybridized carbons (Fsp3) is 0.714. The summed E-state index contributed by atoms with van der Waals surface area (Å²) in [5.74, 6) is 1.77. The number of rotatable bonds is 7. The molecule has 2 rings (SSSR count). The van der Waals surface area contributed by atoms with Gasteiger partial charge in [-0.2, -0.15) is 4.98 Å². The Morgan fingerprint density at radius 1 is 1.45 bits per heavy atom. The van der Waals surface area contributed by atoms with Crippen LogP contribution in [0.15, 0.2) is 6.33 Å². The van der Waals surface area contributed by atoms with Gasteiger partial charge >= 0.3 is 0 Å². The van der Waals surface area contributed by atoms with Crippen LogP contribution in [0.1, 0.15) is 26.2 Å². The highest BCUT2D eigenvalue weighted by Crippen LogP contribution is 2.31. The summed E-state index contributed by atoms with van der Waals surface area (Å²) in [7, 11) is 3.78. The van der Waals surface area contributed by atoms with Gasteiger partial charge in [-0.25, -0.2) is 4.98 Å². The summed E-state index contributed by atoms with van der Waals surface area (Å²) in [5.41, 5.74) is 0. The van der Waals surface area contributed by atoms with Gasteiger partial charge in [0.1, 0.15) is 6.33 Å². The number of likely N-dealkylation sites (tertiary alicyclic amines) is 1. The molecule has 0 spiro atoms. The second-order valence-corrected chi connectivity index (χ2v) is 5.00. The average molecular weight is 280 g/mol. The lowest BCUT2D eigenvalue weighted by Gasteiger charge is -2.19. The van der Waals surface area contributed by atoms with Crippen molar-refractivity contribution in [3.8, 4) is 11.6 Å². The number of nitrogens with zero attached hydrogens (tertiary/aromatic N) is 3. The van der Waals surface area contributed by atoms with E-state index in [-0.39, 0.29) is 0 Å². The van der Waals surface area contributed by atoms with Gasteiger partial charge in [0, 0.05) is 12.6 Å². The molecule has 1 saturated heterocycles. The number of hydrogen-bond acceptors (Lipinski definition) is 6. The quantitative estimate of drug-likeness (QED) is 0.821. The van der Waals surface area contributed by atoms with Crippen LogP contribution in [0.2, 0.25) is 0 Å². The van der Waals surface area contributed by atoms with Crippen molar-refractivity contribution in [1.29, 1.82) is 0 Å². The summed E-state index contributed by atoms with van der Waals surface area (Å²) in [6, 6.07) is 0.621. The molecule has 112 valence electrons. The van der Waals surface area contributed by atoms with E-state index in [1.807, 2.05) is 6.92 Å². The van der Waals surface area contributed by atoms with Crippen molar-refractivity contribution < 1.29 is 9.47 Å². The summed E-state index contributed by atoms with van der Waals surface area (Å²) < 4.78 is 11.1. The Hall–Kier alpha value is -1.56. The molecule has 1 aromatic rings. The number of anilines is 1. The van der Waals surface area contributed by atoms with Crippen LogP contribution in [-0.4, -0.2) is 54.8 Å².